The van der Waals surface area contributed by atoms with Gasteiger partial charge in [0.1, 0.15) is 5.69 Å². The van der Waals surface area contributed by atoms with E-state index in [1.165, 1.54) is 12.4 Å². The van der Waals surface area contributed by atoms with Crippen LogP contribution < -0.4 is 5.01 Å². The van der Waals surface area contributed by atoms with Crippen molar-refractivity contribution in [3.8, 4) is 0 Å². The molecule has 9 nitrogen and oxygen atoms in total. The first-order valence-electron chi connectivity index (χ1n) is 5.70. The molecule has 0 saturated heterocycles. The van der Waals surface area contributed by atoms with Crippen molar-refractivity contribution in [3.05, 3.63) is 58.7 Å². The van der Waals surface area contributed by atoms with Crippen LogP contribution in [0.5, 0.6) is 0 Å². The van der Waals surface area contributed by atoms with E-state index in [0.29, 0.717) is 5.69 Å². The van der Waals surface area contributed by atoms with Crippen molar-refractivity contribution in [2.24, 2.45) is 15.4 Å². The van der Waals surface area contributed by atoms with E-state index < -0.39 is 10.7 Å². The zero-order chi connectivity index (χ0) is 14.0. The van der Waals surface area contributed by atoms with E-state index in [1.807, 2.05) is 0 Å². The van der Waals surface area contributed by atoms with Crippen molar-refractivity contribution in [3.63, 3.8) is 0 Å². The molecule has 2 heterocycles. The number of hydrogen-bond donors (Lipinski definition) is 1. The van der Waals surface area contributed by atoms with Crippen LogP contribution in [0.3, 0.4) is 0 Å². The Labute approximate surface area is 112 Å². The highest BCUT2D eigenvalue weighted by molar-refractivity contribution is 5.77. The first kappa shape index (κ1) is 12.0. The maximum Gasteiger partial charge on any atom is 0.309 e. The maximum atomic E-state index is 11.5. The summed E-state index contributed by atoms with van der Waals surface area (Å²) in [6, 6.07) is 8.38. The number of nitro groups is 1. The van der Waals surface area contributed by atoms with Gasteiger partial charge in [-0.2, -0.15) is 0 Å². The van der Waals surface area contributed by atoms with Gasteiger partial charge in [0.15, 0.2) is 10.9 Å². The number of H-pyrrole nitrogens is 1. The smallest absolute Gasteiger partial charge is 0.309 e. The fraction of sp³-hybridized carbons (Fsp3) is 0.0909. The number of rotatable bonds is 4. The van der Waals surface area contributed by atoms with Gasteiger partial charge in [-0.3, -0.25) is 0 Å². The standard InChI is InChI=1S/C11H9N7O2/c19-18(20)17(9-4-2-1-3-5-9)11(8-14-16-15-11)10-12-6-7-13-10/h1-8H,(H,12,13). The van der Waals surface area contributed by atoms with Crippen LogP contribution in [0.2, 0.25) is 0 Å². The molecule has 1 aromatic carbocycles. The minimum Gasteiger partial charge on any atom is -0.344 e. The molecule has 1 unspecified atom stereocenters. The third-order valence-corrected chi connectivity index (χ3v) is 2.82. The van der Waals surface area contributed by atoms with Crippen molar-refractivity contribution in [1.82, 2.24) is 9.97 Å². The number of para-hydroxylation sites is 1. The highest BCUT2D eigenvalue weighted by atomic mass is 16.7. The Kier molecular flexibility index (Phi) is 2.71. The summed E-state index contributed by atoms with van der Waals surface area (Å²) in [4.78, 5) is 18.4. The van der Waals surface area contributed by atoms with Gasteiger partial charge in [-0.15, -0.1) is 10.2 Å². The summed E-state index contributed by atoms with van der Waals surface area (Å²) >= 11 is 0. The number of benzene rings is 1. The second kappa shape index (κ2) is 4.53. The summed E-state index contributed by atoms with van der Waals surface area (Å²) in [6.07, 6.45) is 4.32. The van der Waals surface area contributed by atoms with Gasteiger partial charge in [0.05, 0.1) is 6.21 Å². The van der Waals surface area contributed by atoms with Crippen LogP contribution in [0.4, 0.5) is 5.69 Å². The molecule has 2 aromatic rings. The van der Waals surface area contributed by atoms with Gasteiger partial charge in [-0.1, -0.05) is 23.2 Å². The van der Waals surface area contributed by atoms with E-state index in [2.05, 4.69) is 25.4 Å². The molecular weight excluding hydrogens is 262 g/mol. The molecule has 0 aliphatic carbocycles. The molecule has 0 amide bonds. The second-order valence-corrected chi connectivity index (χ2v) is 3.98. The van der Waals surface area contributed by atoms with Crippen LogP contribution in [0.25, 0.3) is 0 Å². The molecule has 1 atom stereocenters. The van der Waals surface area contributed by atoms with E-state index in [1.54, 1.807) is 36.5 Å². The van der Waals surface area contributed by atoms with E-state index in [-0.39, 0.29) is 5.82 Å². The van der Waals surface area contributed by atoms with Crippen LogP contribution in [0.1, 0.15) is 5.82 Å². The number of hydrazine groups is 1. The van der Waals surface area contributed by atoms with E-state index in [9.17, 15) is 10.1 Å². The Morgan fingerprint density at radius 3 is 2.65 bits per heavy atom. The van der Waals surface area contributed by atoms with E-state index >= 15 is 0 Å². The van der Waals surface area contributed by atoms with Gasteiger partial charge in [-0.25, -0.2) is 15.1 Å². The number of anilines is 1. The van der Waals surface area contributed by atoms with Crippen LogP contribution in [0, 0.1) is 10.1 Å². The molecular formula is C11H9N7O2. The van der Waals surface area contributed by atoms with Crippen molar-refractivity contribution < 1.29 is 5.03 Å². The molecule has 1 aromatic heterocycles. The lowest BCUT2D eigenvalue weighted by Gasteiger charge is -2.26. The summed E-state index contributed by atoms with van der Waals surface area (Å²) in [5.74, 6) is 0.267. The van der Waals surface area contributed by atoms with Crippen LogP contribution in [-0.4, -0.2) is 21.2 Å². The molecule has 100 valence electrons. The highest BCUT2D eigenvalue weighted by Crippen LogP contribution is 2.33. The lowest BCUT2D eigenvalue weighted by molar-refractivity contribution is -0.505. The summed E-state index contributed by atoms with van der Waals surface area (Å²) in [7, 11) is 0. The molecule has 0 bridgehead atoms. The zero-order valence-electron chi connectivity index (χ0n) is 10.1. The fourth-order valence-corrected chi connectivity index (χ4v) is 1.98. The molecule has 0 radical (unpaired) electrons. The summed E-state index contributed by atoms with van der Waals surface area (Å²) in [6.45, 7) is 0. The van der Waals surface area contributed by atoms with Crippen LogP contribution in [0.15, 0.2) is 58.2 Å². The lowest BCUT2D eigenvalue weighted by Crippen LogP contribution is -2.49. The van der Waals surface area contributed by atoms with E-state index in [4.69, 9.17) is 0 Å². The fourth-order valence-electron chi connectivity index (χ4n) is 1.98. The Hall–Kier alpha value is -3.10. The Morgan fingerprint density at radius 2 is 2.10 bits per heavy atom. The Morgan fingerprint density at radius 1 is 1.30 bits per heavy atom. The van der Waals surface area contributed by atoms with Gasteiger partial charge < -0.3 is 4.98 Å². The molecule has 1 N–H and O–H groups in total. The predicted molar refractivity (Wildman–Crippen MR) is 69.5 cm³/mol. The number of nitrogens with one attached hydrogen (secondary N) is 1. The lowest BCUT2D eigenvalue weighted by atomic mass is 10.1. The summed E-state index contributed by atoms with van der Waals surface area (Å²) in [5.41, 5.74) is -1.16. The van der Waals surface area contributed by atoms with Gasteiger partial charge in [0, 0.05) is 12.4 Å². The number of aromatic amines is 1. The largest absolute Gasteiger partial charge is 0.344 e. The minimum absolute atomic E-state index is 0.267. The number of imidazole rings is 1. The molecule has 20 heavy (non-hydrogen) atoms. The number of nitrogens with zero attached hydrogens (tertiary/aromatic N) is 6. The monoisotopic (exact) mass is 271 g/mol. The summed E-state index contributed by atoms with van der Waals surface area (Å²) in [5, 5.41) is 22.9. The zero-order valence-corrected chi connectivity index (χ0v) is 10.1. The average Bonchev–Trinajstić information content (AvgIpc) is 3.11. The third-order valence-electron chi connectivity index (χ3n) is 2.82. The molecule has 0 fully saturated rings. The maximum absolute atomic E-state index is 11.5. The first-order chi connectivity index (χ1) is 9.74. The topological polar surface area (TPSA) is 112 Å². The third kappa shape index (κ3) is 1.72. The first-order valence-corrected chi connectivity index (χ1v) is 5.70. The van der Waals surface area contributed by atoms with Crippen molar-refractivity contribution in [2.45, 2.75) is 5.66 Å². The normalized spacial score (nSPS) is 20.2. The van der Waals surface area contributed by atoms with Crippen molar-refractivity contribution >= 4 is 11.9 Å². The predicted octanol–water partition coefficient (Wildman–Crippen LogP) is 1.71. The second-order valence-electron chi connectivity index (χ2n) is 3.98. The quantitative estimate of drug-likeness (QED) is 0.673. The Balaban J connectivity index is 2.17. The number of hydrogen-bond acceptors (Lipinski definition) is 6. The molecule has 3 rings (SSSR count). The summed E-state index contributed by atoms with van der Waals surface area (Å²) < 4.78 is 0. The molecule has 1 aliphatic rings. The molecule has 0 saturated carbocycles. The van der Waals surface area contributed by atoms with Gasteiger partial charge in [-0.05, 0) is 17.4 Å². The molecule has 1 aliphatic heterocycles. The Bertz CT molecular complexity index is 653. The van der Waals surface area contributed by atoms with E-state index in [0.717, 1.165) is 5.01 Å². The van der Waals surface area contributed by atoms with Crippen molar-refractivity contribution in [1.29, 1.82) is 0 Å². The average molecular weight is 271 g/mol. The van der Waals surface area contributed by atoms with Crippen LogP contribution in [-0.2, 0) is 5.66 Å². The van der Waals surface area contributed by atoms with Gasteiger partial charge >= 0.3 is 5.66 Å². The van der Waals surface area contributed by atoms with Crippen LogP contribution >= 0.6 is 0 Å². The SMILES string of the molecule is O=[N+]([O-])N(c1ccccc1)C1(c2ncc[nH]2)C=NN=N1. The van der Waals surface area contributed by atoms with Gasteiger partial charge in [0.2, 0.25) is 0 Å². The molecule has 0 spiro atoms. The van der Waals surface area contributed by atoms with Crippen molar-refractivity contribution in [2.75, 3.05) is 5.01 Å². The highest BCUT2D eigenvalue weighted by Gasteiger charge is 2.50. The number of aromatic nitrogens is 2. The molecule has 9 heteroatoms. The minimum atomic E-state index is -1.51. The van der Waals surface area contributed by atoms with Gasteiger partial charge in [0.25, 0.3) is 0 Å².